The van der Waals surface area contributed by atoms with Crippen molar-refractivity contribution in [1.82, 2.24) is 20.9 Å². The minimum Gasteiger partial charge on any atom is -0.507 e. The molecule has 3 aliphatic rings. The number of nitrogens with zero attached hydrogens (tertiary/aromatic N) is 2. The van der Waals surface area contributed by atoms with Crippen LogP contribution in [0.15, 0.2) is 48.5 Å². The second kappa shape index (κ2) is 20.1. The molecular weight excluding hydrogens is 857 g/mol. The SMILES string of the molecule is CC(C)(C)c1cc2c(O)c(c1)Cc1cc(C(C)(C)C)cc(c1OCC(=O)NN1CCOCC1)Cc1cc(C(C)(C)C)cc(c1OCC(=O)NN1CCOCC1)Cc1cc(C(C)(C)C)cc(c1O)C2. The third kappa shape index (κ3) is 12.4. The molecule has 0 unspecified atom stereocenters. The highest BCUT2D eigenvalue weighted by Crippen LogP contribution is 2.44. The Hall–Kier alpha value is -5.14. The molecule has 0 radical (unpaired) electrons. The van der Waals surface area contributed by atoms with Crippen LogP contribution in [0.3, 0.4) is 0 Å². The van der Waals surface area contributed by atoms with Crippen molar-refractivity contribution in [3.05, 3.63) is 115 Å². The Labute approximate surface area is 404 Å². The highest BCUT2D eigenvalue weighted by molar-refractivity contribution is 5.78. The molecular formula is C56H76N4O8. The number of phenolic OH excluding ortho intramolecular Hbond substituents is 2. The number of nitrogens with one attached hydrogen (secondary N) is 2. The maximum atomic E-state index is 13.7. The monoisotopic (exact) mass is 933 g/mol. The second-order valence-electron chi connectivity index (χ2n) is 23.1. The molecule has 8 bridgehead atoms. The number of morpholine rings is 2. The van der Waals surface area contributed by atoms with E-state index >= 15 is 0 Å². The zero-order chi connectivity index (χ0) is 49.3. The van der Waals surface area contributed by atoms with E-state index in [-0.39, 0.29) is 64.6 Å². The van der Waals surface area contributed by atoms with E-state index in [9.17, 15) is 19.8 Å². The van der Waals surface area contributed by atoms with Gasteiger partial charge in [-0.1, -0.05) is 132 Å². The molecule has 68 heavy (non-hydrogen) atoms. The number of benzene rings is 4. The summed E-state index contributed by atoms with van der Waals surface area (Å²) in [6.07, 6.45) is 1.21. The van der Waals surface area contributed by atoms with Gasteiger partial charge in [-0.15, -0.1) is 0 Å². The van der Waals surface area contributed by atoms with Gasteiger partial charge in [0.25, 0.3) is 11.8 Å². The fourth-order valence-electron chi connectivity index (χ4n) is 9.06. The normalized spacial score (nSPS) is 16.5. The van der Waals surface area contributed by atoms with Crippen LogP contribution in [0.5, 0.6) is 23.0 Å². The van der Waals surface area contributed by atoms with Crippen molar-refractivity contribution in [2.75, 3.05) is 65.8 Å². The van der Waals surface area contributed by atoms with Gasteiger partial charge in [0.05, 0.1) is 26.4 Å². The molecule has 0 aromatic heterocycles. The quantitative estimate of drug-likeness (QED) is 0.120. The fraction of sp³-hybridized carbons (Fsp3) is 0.536. The zero-order valence-corrected chi connectivity index (χ0v) is 42.8. The molecule has 2 saturated heterocycles. The molecule has 4 aromatic rings. The van der Waals surface area contributed by atoms with Gasteiger partial charge in [-0.3, -0.25) is 20.4 Å². The minimum absolute atomic E-state index is 0.164. The van der Waals surface area contributed by atoms with Crippen LogP contribution in [0.2, 0.25) is 0 Å². The van der Waals surface area contributed by atoms with Gasteiger partial charge in [0.1, 0.15) is 23.0 Å². The molecule has 0 spiro atoms. The largest absolute Gasteiger partial charge is 0.507 e. The summed E-state index contributed by atoms with van der Waals surface area (Å²) >= 11 is 0. The Morgan fingerprint density at radius 3 is 0.956 bits per heavy atom. The van der Waals surface area contributed by atoms with E-state index in [1.807, 2.05) is 10.0 Å². The molecule has 368 valence electrons. The lowest BCUT2D eigenvalue weighted by atomic mass is 9.79. The Bertz CT molecular complexity index is 2320. The number of rotatable bonds is 8. The molecule has 2 amide bonds. The van der Waals surface area contributed by atoms with Crippen LogP contribution in [-0.2, 0) is 66.4 Å². The summed E-state index contributed by atoms with van der Waals surface area (Å²) in [7, 11) is 0. The van der Waals surface area contributed by atoms with Crippen LogP contribution in [0.1, 0.15) is 150 Å². The van der Waals surface area contributed by atoms with E-state index in [0.717, 1.165) is 55.6 Å². The molecule has 4 aromatic carbocycles. The maximum Gasteiger partial charge on any atom is 0.272 e. The Morgan fingerprint density at radius 2 is 0.691 bits per heavy atom. The van der Waals surface area contributed by atoms with E-state index in [4.69, 9.17) is 18.9 Å². The lowest BCUT2D eigenvalue weighted by Gasteiger charge is -2.29. The van der Waals surface area contributed by atoms with Gasteiger partial charge in [0.15, 0.2) is 13.2 Å². The average Bonchev–Trinajstić information content (AvgIpc) is 3.24. The molecule has 0 saturated carbocycles. The van der Waals surface area contributed by atoms with Crippen LogP contribution >= 0.6 is 0 Å². The predicted octanol–water partition coefficient (Wildman–Crippen LogP) is 8.45. The molecule has 2 aliphatic heterocycles. The average molecular weight is 933 g/mol. The van der Waals surface area contributed by atoms with Crippen LogP contribution in [0, 0.1) is 0 Å². The van der Waals surface area contributed by atoms with Crippen molar-refractivity contribution in [2.24, 2.45) is 0 Å². The van der Waals surface area contributed by atoms with Gasteiger partial charge < -0.3 is 29.2 Å². The Kier molecular flexibility index (Phi) is 15.0. The molecule has 2 fully saturated rings. The number of amides is 2. The van der Waals surface area contributed by atoms with E-state index in [1.54, 1.807) is 0 Å². The van der Waals surface area contributed by atoms with Crippen LogP contribution in [-0.4, -0.2) is 97.9 Å². The molecule has 7 rings (SSSR count). The number of hydrogen-bond acceptors (Lipinski definition) is 10. The van der Waals surface area contributed by atoms with E-state index < -0.39 is 0 Å². The first-order valence-corrected chi connectivity index (χ1v) is 24.4. The predicted molar refractivity (Wildman–Crippen MR) is 267 cm³/mol. The standard InChI is InChI=1S/C56H76N4O8/c1-53(2,3)43-25-35-21-36-26-44(54(4,5)6)28-38(50(36)64)23-40-30-46(56(10,11)12)32-42(52(40)68-34-48(62)58-60-15-19-66-20-16-60)24-41-31-45(55(7,8)9)29-39(22-37(27-43)49(35)63)51(41)67-33-47(61)57-59-13-17-65-18-14-59/h25-32,63-64H,13-24,33-34H2,1-12H3,(H,57,61)(H,58,62). The van der Waals surface area contributed by atoms with Gasteiger partial charge in [-0.2, -0.15) is 0 Å². The molecule has 1 aliphatic carbocycles. The summed E-state index contributed by atoms with van der Waals surface area (Å²) < 4.78 is 24.6. The Morgan fingerprint density at radius 1 is 0.456 bits per heavy atom. The molecule has 2 heterocycles. The number of ether oxygens (including phenoxy) is 4. The smallest absolute Gasteiger partial charge is 0.272 e. The maximum absolute atomic E-state index is 13.7. The van der Waals surface area contributed by atoms with Gasteiger partial charge in [0, 0.05) is 51.9 Å². The van der Waals surface area contributed by atoms with E-state index in [1.165, 1.54) is 0 Å². The molecule has 12 nitrogen and oxygen atoms in total. The molecule has 0 atom stereocenters. The number of phenols is 2. The van der Waals surface area contributed by atoms with Crippen molar-refractivity contribution in [1.29, 1.82) is 0 Å². The van der Waals surface area contributed by atoms with Gasteiger partial charge in [-0.25, -0.2) is 10.0 Å². The van der Waals surface area contributed by atoms with Crippen molar-refractivity contribution < 1.29 is 38.7 Å². The highest BCUT2D eigenvalue weighted by atomic mass is 16.5. The first kappa shape index (κ1) is 50.7. The first-order chi connectivity index (χ1) is 31.8. The van der Waals surface area contributed by atoms with Crippen LogP contribution < -0.4 is 20.3 Å². The number of carbonyl (C=O) groups is 2. The first-order valence-electron chi connectivity index (χ1n) is 24.4. The highest BCUT2D eigenvalue weighted by Gasteiger charge is 2.29. The molecule has 12 heteroatoms. The van der Waals surface area contributed by atoms with Crippen LogP contribution in [0.25, 0.3) is 0 Å². The number of aromatic hydroxyl groups is 2. The van der Waals surface area contributed by atoms with Gasteiger partial charge in [0.2, 0.25) is 0 Å². The van der Waals surface area contributed by atoms with Gasteiger partial charge in [-0.05, 0) is 88.4 Å². The third-order valence-electron chi connectivity index (χ3n) is 13.3. The second-order valence-corrected chi connectivity index (χ2v) is 23.1. The van der Waals surface area contributed by atoms with Gasteiger partial charge >= 0.3 is 0 Å². The topological polar surface area (TPSA) is 142 Å². The van der Waals surface area contributed by atoms with Crippen molar-refractivity contribution in [2.45, 2.75) is 130 Å². The summed E-state index contributed by atoms with van der Waals surface area (Å²) in [4.78, 5) is 27.4. The summed E-state index contributed by atoms with van der Waals surface area (Å²) in [6.45, 7) is 30.0. The Balaban J connectivity index is 1.49. The molecule has 4 N–H and O–H groups in total. The zero-order valence-electron chi connectivity index (χ0n) is 42.8. The van der Waals surface area contributed by atoms with E-state index in [2.05, 4.69) is 142 Å². The summed E-state index contributed by atoms with van der Waals surface area (Å²) in [5.41, 5.74) is 15.3. The number of hydrazine groups is 2. The fourth-order valence-corrected chi connectivity index (χ4v) is 9.06. The summed E-state index contributed by atoms with van der Waals surface area (Å²) in [5.74, 6) is 0.873. The van der Waals surface area contributed by atoms with E-state index in [0.29, 0.717) is 94.5 Å². The summed E-state index contributed by atoms with van der Waals surface area (Å²) in [6, 6.07) is 17.0. The van der Waals surface area contributed by atoms with Crippen molar-refractivity contribution >= 4 is 11.8 Å². The number of fused-ring (bicyclic) bond motifs is 8. The minimum atomic E-state index is -0.294. The number of hydrogen-bond donors (Lipinski definition) is 4. The lowest BCUT2D eigenvalue weighted by Crippen LogP contribution is -2.49. The number of carbonyl (C=O) groups excluding carboxylic acids is 2. The lowest BCUT2D eigenvalue weighted by molar-refractivity contribution is -0.130. The summed E-state index contributed by atoms with van der Waals surface area (Å²) in [5, 5.41) is 28.6. The van der Waals surface area contributed by atoms with Crippen LogP contribution in [0.4, 0.5) is 0 Å². The van der Waals surface area contributed by atoms with Crippen molar-refractivity contribution in [3.8, 4) is 23.0 Å². The van der Waals surface area contributed by atoms with Crippen molar-refractivity contribution in [3.63, 3.8) is 0 Å². The third-order valence-corrected chi connectivity index (χ3v) is 13.3.